The van der Waals surface area contributed by atoms with Gasteiger partial charge in [0.25, 0.3) is 0 Å². The monoisotopic (exact) mass is 475 g/mol. The van der Waals surface area contributed by atoms with Crippen LogP contribution in [0.1, 0.15) is 17.2 Å². The van der Waals surface area contributed by atoms with E-state index >= 15 is 0 Å². The molecule has 1 heterocycles. The van der Waals surface area contributed by atoms with Crippen molar-refractivity contribution in [3.05, 3.63) is 74.7 Å². The summed E-state index contributed by atoms with van der Waals surface area (Å²) in [6.07, 6.45) is 0. The Labute approximate surface area is 169 Å². The molecular weight excluding hydrogens is 458 g/mol. The molecule has 3 aromatic carbocycles. The van der Waals surface area contributed by atoms with Crippen molar-refractivity contribution in [2.75, 3.05) is 26.3 Å². The Morgan fingerprint density at radius 3 is 2.50 bits per heavy atom. The molecule has 0 aliphatic carbocycles. The average Bonchev–Trinajstić information content (AvgIpc) is 2.66. The predicted octanol–water partition coefficient (Wildman–Crippen LogP) is 5.49. The van der Waals surface area contributed by atoms with Gasteiger partial charge in [0.15, 0.2) is 0 Å². The van der Waals surface area contributed by atoms with E-state index in [2.05, 4.69) is 61.0 Å². The first-order valence-corrected chi connectivity index (χ1v) is 10.2. The van der Waals surface area contributed by atoms with E-state index in [0.717, 1.165) is 43.9 Å². The Kier molecular flexibility index (Phi) is 5.32. The van der Waals surface area contributed by atoms with Gasteiger partial charge in [-0.25, -0.2) is 0 Å². The largest absolute Gasteiger partial charge is 0.508 e. The Hall–Kier alpha value is -1.40. The third-order valence-corrected chi connectivity index (χ3v) is 6.10. The van der Waals surface area contributed by atoms with Gasteiger partial charge in [0, 0.05) is 27.6 Å². The average molecular weight is 477 g/mol. The molecule has 26 heavy (non-hydrogen) atoms. The first-order valence-electron chi connectivity index (χ1n) is 8.62. The third kappa shape index (κ3) is 3.41. The Bertz CT molecular complexity index is 938. The zero-order chi connectivity index (χ0) is 18.1. The van der Waals surface area contributed by atoms with Crippen molar-refractivity contribution in [2.45, 2.75) is 6.04 Å². The molecular formula is C21H19Br2NO2. The number of phenols is 1. The number of halogens is 2. The van der Waals surface area contributed by atoms with E-state index in [9.17, 15) is 5.11 Å². The van der Waals surface area contributed by atoms with Crippen molar-refractivity contribution in [1.82, 2.24) is 4.90 Å². The molecule has 134 valence electrons. The maximum atomic E-state index is 10.8. The topological polar surface area (TPSA) is 32.7 Å². The van der Waals surface area contributed by atoms with Gasteiger partial charge in [-0.3, -0.25) is 4.90 Å². The normalized spacial score (nSPS) is 16.7. The molecule has 4 rings (SSSR count). The Morgan fingerprint density at radius 2 is 1.73 bits per heavy atom. The molecule has 0 spiro atoms. The predicted molar refractivity (Wildman–Crippen MR) is 112 cm³/mol. The summed E-state index contributed by atoms with van der Waals surface area (Å²) in [5.74, 6) is 0.326. The summed E-state index contributed by atoms with van der Waals surface area (Å²) < 4.78 is 7.64. The highest BCUT2D eigenvalue weighted by Gasteiger charge is 2.29. The second-order valence-electron chi connectivity index (χ2n) is 6.44. The molecule has 1 N–H and O–H groups in total. The highest BCUT2D eigenvalue weighted by atomic mass is 79.9. The van der Waals surface area contributed by atoms with E-state index in [1.807, 2.05) is 24.3 Å². The fourth-order valence-electron chi connectivity index (χ4n) is 3.67. The number of fused-ring (bicyclic) bond motifs is 1. The van der Waals surface area contributed by atoms with Crippen LogP contribution in [-0.2, 0) is 4.74 Å². The molecule has 0 bridgehead atoms. The number of rotatable bonds is 3. The molecule has 0 saturated carbocycles. The number of hydrogen-bond donors (Lipinski definition) is 1. The molecule has 3 aromatic rings. The fraction of sp³-hybridized carbons (Fsp3) is 0.238. The molecule has 0 amide bonds. The highest BCUT2D eigenvalue weighted by Crippen LogP contribution is 2.42. The maximum Gasteiger partial charge on any atom is 0.121 e. The maximum absolute atomic E-state index is 10.8. The number of morpholine rings is 1. The lowest BCUT2D eigenvalue weighted by Gasteiger charge is -2.36. The molecule has 0 aromatic heterocycles. The molecule has 1 atom stereocenters. The fourth-order valence-corrected chi connectivity index (χ4v) is 4.55. The van der Waals surface area contributed by atoms with Crippen LogP contribution in [-0.4, -0.2) is 36.3 Å². The number of aromatic hydroxyl groups is 1. The van der Waals surface area contributed by atoms with E-state index in [-0.39, 0.29) is 6.04 Å². The second kappa shape index (κ2) is 7.69. The van der Waals surface area contributed by atoms with Crippen LogP contribution in [0.5, 0.6) is 5.75 Å². The summed E-state index contributed by atoms with van der Waals surface area (Å²) in [5, 5.41) is 13.0. The molecule has 1 unspecified atom stereocenters. The van der Waals surface area contributed by atoms with Crippen LogP contribution in [0.2, 0.25) is 0 Å². The highest BCUT2D eigenvalue weighted by molar-refractivity contribution is 9.10. The first-order chi connectivity index (χ1) is 12.6. The van der Waals surface area contributed by atoms with Crippen LogP contribution >= 0.6 is 31.9 Å². The van der Waals surface area contributed by atoms with Crippen LogP contribution in [0.3, 0.4) is 0 Å². The summed E-state index contributed by atoms with van der Waals surface area (Å²) in [7, 11) is 0. The molecule has 1 aliphatic rings. The van der Waals surface area contributed by atoms with Gasteiger partial charge in [-0.15, -0.1) is 0 Å². The van der Waals surface area contributed by atoms with Crippen LogP contribution in [0.4, 0.5) is 0 Å². The van der Waals surface area contributed by atoms with E-state index < -0.39 is 0 Å². The summed E-state index contributed by atoms with van der Waals surface area (Å²) in [4.78, 5) is 2.39. The number of ether oxygens (including phenoxy) is 1. The molecule has 0 radical (unpaired) electrons. The van der Waals surface area contributed by atoms with Gasteiger partial charge in [-0.2, -0.15) is 0 Å². The number of phenolic OH excluding ortho intramolecular Hbond substituents is 1. The summed E-state index contributed by atoms with van der Waals surface area (Å²) >= 11 is 7.26. The standard InChI is InChI=1S/C21H19Br2NO2/c22-15-6-7-16-14(13-15)5-8-19(25)20(16)21(24-9-11-26-12-10-24)17-3-1-2-4-18(17)23/h1-8,13,21,25H,9-12H2. The van der Waals surface area contributed by atoms with Crippen molar-refractivity contribution in [3.8, 4) is 5.75 Å². The number of hydrogen-bond acceptors (Lipinski definition) is 3. The molecule has 1 aliphatic heterocycles. The zero-order valence-electron chi connectivity index (χ0n) is 14.2. The van der Waals surface area contributed by atoms with Gasteiger partial charge in [0.1, 0.15) is 5.75 Å². The van der Waals surface area contributed by atoms with E-state index in [1.165, 1.54) is 0 Å². The Morgan fingerprint density at radius 1 is 0.962 bits per heavy atom. The smallest absolute Gasteiger partial charge is 0.121 e. The SMILES string of the molecule is Oc1ccc2cc(Br)ccc2c1C(c1ccccc1Br)N1CCOCC1. The van der Waals surface area contributed by atoms with Gasteiger partial charge >= 0.3 is 0 Å². The molecule has 1 saturated heterocycles. The van der Waals surface area contributed by atoms with Crippen molar-refractivity contribution < 1.29 is 9.84 Å². The van der Waals surface area contributed by atoms with E-state index in [1.54, 1.807) is 6.07 Å². The van der Waals surface area contributed by atoms with Gasteiger partial charge < -0.3 is 9.84 Å². The van der Waals surface area contributed by atoms with Gasteiger partial charge in [0.2, 0.25) is 0 Å². The molecule has 1 fully saturated rings. The van der Waals surface area contributed by atoms with Gasteiger partial charge in [-0.1, -0.05) is 62.2 Å². The minimum Gasteiger partial charge on any atom is -0.508 e. The first kappa shape index (κ1) is 18.0. The van der Waals surface area contributed by atoms with Gasteiger partial charge in [-0.05, 0) is 40.6 Å². The minimum absolute atomic E-state index is 0.0423. The van der Waals surface area contributed by atoms with Gasteiger partial charge in [0.05, 0.1) is 19.3 Å². The Balaban J connectivity index is 1.96. The minimum atomic E-state index is -0.0423. The quantitative estimate of drug-likeness (QED) is 0.542. The van der Waals surface area contributed by atoms with Crippen molar-refractivity contribution >= 4 is 42.6 Å². The summed E-state index contributed by atoms with van der Waals surface area (Å²) in [6, 6.07) is 18.2. The van der Waals surface area contributed by atoms with Crippen LogP contribution < -0.4 is 0 Å². The van der Waals surface area contributed by atoms with E-state index in [0.29, 0.717) is 19.0 Å². The van der Waals surface area contributed by atoms with Crippen molar-refractivity contribution in [3.63, 3.8) is 0 Å². The summed E-state index contributed by atoms with van der Waals surface area (Å²) in [6.45, 7) is 3.08. The lowest BCUT2D eigenvalue weighted by molar-refractivity contribution is 0.0237. The molecule has 5 heteroatoms. The zero-order valence-corrected chi connectivity index (χ0v) is 17.3. The lowest BCUT2D eigenvalue weighted by Crippen LogP contribution is -2.39. The number of benzene rings is 3. The number of nitrogens with zero attached hydrogens (tertiary/aromatic N) is 1. The van der Waals surface area contributed by atoms with Crippen molar-refractivity contribution in [1.29, 1.82) is 0 Å². The van der Waals surface area contributed by atoms with Crippen LogP contribution in [0, 0.1) is 0 Å². The lowest BCUT2D eigenvalue weighted by atomic mass is 9.91. The molecule has 3 nitrogen and oxygen atoms in total. The van der Waals surface area contributed by atoms with Crippen molar-refractivity contribution in [2.24, 2.45) is 0 Å². The van der Waals surface area contributed by atoms with Crippen LogP contribution in [0.25, 0.3) is 10.8 Å². The summed E-state index contributed by atoms with van der Waals surface area (Å²) in [5.41, 5.74) is 2.10. The van der Waals surface area contributed by atoms with E-state index in [4.69, 9.17) is 4.74 Å². The van der Waals surface area contributed by atoms with Crippen LogP contribution in [0.15, 0.2) is 63.5 Å². The third-order valence-electron chi connectivity index (χ3n) is 4.88. The second-order valence-corrected chi connectivity index (χ2v) is 8.21.